The third kappa shape index (κ3) is 5.82. The van der Waals surface area contributed by atoms with Gasteiger partial charge in [-0.1, -0.05) is 39.8 Å². The molecule has 5 atom stereocenters. The molecule has 2 heterocycles. The molecule has 10 heteroatoms. The van der Waals surface area contributed by atoms with Crippen molar-refractivity contribution >= 4 is 35.6 Å². The Kier molecular flexibility index (Phi) is 8.97. The molecule has 4 rings (SSSR count). The van der Waals surface area contributed by atoms with Crippen molar-refractivity contribution in [3.8, 4) is 17.2 Å². The SMILES string of the molecule is COc1cc(/C=C/C2=CC(=O)[C@H]3S[C@@H]2[C@@H]3CF)cc(OC(=O)C(N)C(C)C)c1OC(=O)C(N)C(C)C. The van der Waals surface area contributed by atoms with Gasteiger partial charge in [-0.3, -0.25) is 9.18 Å². The van der Waals surface area contributed by atoms with E-state index in [-0.39, 0.29) is 51.3 Å². The average Bonchev–Trinajstić information content (AvgIpc) is 2.82. The van der Waals surface area contributed by atoms with E-state index in [9.17, 15) is 18.8 Å². The van der Waals surface area contributed by atoms with Crippen molar-refractivity contribution in [3.63, 3.8) is 0 Å². The number of hydrogen-bond donors (Lipinski definition) is 2. The highest BCUT2D eigenvalue weighted by Crippen LogP contribution is 2.51. The summed E-state index contributed by atoms with van der Waals surface area (Å²) in [5, 5.41) is -0.394. The topological polar surface area (TPSA) is 131 Å². The molecule has 1 aromatic carbocycles. The van der Waals surface area contributed by atoms with Crippen molar-refractivity contribution in [2.45, 2.75) is 50.3 Å². The van der Waals surface area contributed by atoms with E-state index in [2.05, 4.69) is 0 Å². The zero-order chi connectivity index (χ0) is 26.7. The van der Waals surface area contributed by atoms with Crippen LogP contribution in [0, 0.1) is 17.8 Å². The summed E-state index contributed by atoms with van der Waals surface area (Å²) in [6.45, 7) is 6.56. The predicted molar refractivity (Wildman–Crippen MR) is 137 cm³/mol. The van der Waals surface area contributed by atoms with Crippen LogP contribution in [0.3, 0.4) is 0 Å². The van der Waals surface area contributed by atoms with Crippen LogP contribution in [-0.2, 0) is 14.4 Å². The quantitative estimate of drug-likeness (QED) is 0.353. The van der Waals surface area contributed by atoms with Crippen LogP contribution in [0.1, 0.15) is 33.3 Å². The Morgan fingerprint density at radius 3 is 2.11 bits per heavy atom. The van der Waals surface area contributed by atoms with Crippen LogP contribution in [0.4, 0.5) is 4.39 Å². The predicted octanol–water partition coefficient (Wildman–Crippen LogP) is 3.06. The number of esters is 2. The van der Waals surface area contributed by atoms with E-state index in [0.717, 1.165) is 0 Å². The first kappa shape index (κ1) is 27.9. The van der Waals surface area contributed by atoms with Gasteiger partial charge in [0.25, 0.3) is 0 Å². The number of carbonyl (C=O) groups excluding carboxylic acids is 3. The molecule has 8 nitrogen and oxygen atoms in total. The fourth-order valence-electron chi connectivity index (χ4n) is 3.77. The Bertz CT molecular complexity index is 1090. The number of fused-ring (bicyclic) bond motifs is 1. The summed E-state index contributed by atoms with van der Waals surface area (Å²) in [7, 11) is 1.38. The van der Waals surface area contributed by atoms with Gasteiger partial charge in [-0.15, -0.1) is 11.8 Å². The standard InChI is InChI=1S/C26H33FN2O6S/c1-12(2)20(28)25(31)34-19-9-14(6-7-15-10-17(30)24-16(11-27)23(15)36-24)8-18(33-5)22(19)35-26(32)21(29)13(3)4/h6-10,12-13,16,20-21,23-24H,11,28-29H2,1-5H3/b7-6+/t16-,20?,21?,23-,24-/m0/s1. The minimum absolute atomic E-state index is 0.0622. The molecular weight excluding hydrogens is 487 g/mol. The third-order valence-electron chi connectivity index (χ3n) is 6.29. The van der Waals surface area contributed by atoms with Crippen LogP contribution in [0.15, 0.2) is 29.9 Å². The number of alkyl halides is 1. The molecule has 0 amide bonds. The summed E-state index contributed by atoms with van der Waals surface area (Å²) >= 11 is 1.45. The lowest BCUT2D eigenvalue weighted by Gasteiger charge is -2.45. The van der Waals surface area contributed by atoms with Crippen LogP contribution in [0.2, 0.25) is 0 Å². The highest BCUT2D eigenvalue weighted by atomic mass is 32.2. The molecule has 4 N–H and O–H groups in total. The van der Waals surface area contributed by atoms with Crippen LogP contribution < -0.4 is 25.7 Å². The number of thioether (sulfide) groups is 1. The number of halogens is 1. The van der Waals surface area contributed by atoms with Gasteiger partial charge < -0.3 is 25.7 Å². The molecule has 0 saturated carbocycles. The highest BCUT2D eigenvalue weighted by Gasteiger charge is 2.49. The number of nitrogens with two attached hydrogens (primary N) is 2. The fourth-order valence-corrected chi connectivity index (χ4v) is 5.18. The minimum atomic E-state index is -0.906. The summed E-state index contributed by atoms with van der Waals surface area (Å²) < 4.78 is 29.9. The molecule has 0 radical (unpaired) electrons. The number of ketones is 1. The largest absolute Gasteiger partial charge is 0.493 e. The van der Waals surface area contributed by atoms with Crippen LogP contribution >= 0.6 is 11.8 Å². The third-order valence-corrected chi connectivity index (χ3v) is 8.08. The first-order valence-corrected chi connectivity index (χ1v) is 12.7. The number of carbonyl (C=O) groups is 3. The summed E-state index contributed by atoms with van der Waals surface area (Å²) in [4.78, 5) is 37.5. The summed E-state index contributed by atoms with van der Waals surface area (Å²) in [6.07, 6.45) is 4.97. The maximum Gasteiger partial charge on any atom is 0.328 e. The Morgan fingerprint density at radius 2 is 1.58 bits per heavy atom. The number of methoxy groups -OCH3 is 1. The number of hydrogen-bond acceptors (Lipinski definition) is 9. The van der Waals surface area contributed by atoms with Gasteiger partial charge >= 0.3 is 11.9 Å². The van der Waals surface area contributed by atoms with Crippen LogP contribution in [-0.4, -0.2) is 54.1 Å². The van der Waals surface area contributed by atoms with Crippen molar-refractivity contribution < 1.29 is 33.0 Å². The number of benzene rings is 1. The Hall–Kier alpha value is -2.69. The van der Waals surface area contributed by atoms with Gasteiger partial charge in [0.05, 0.1) is 19.0 Å². The van der Waals surface area contributed by atoms with E-state index in [1.807, 2.05) is 0 Å². The maximum atomic E-state index is 13.4. The minimum Gasteiger partial charge on any atom is -0.493 e. The molecule has 1 aliphatic carbocycles. The van der Waals surface area contributed by atoms with E-state index in [0.29, 0.717) is 11.1 Å². The molecule has 1 saturated heterocycles. The molecule has 0 spiro atoms. The molecule has 196 valence electrons. The number of ether oxygens (including phenoxy) is 3. The molecule has 3 aliphatic rings. The molecular formula is C26H33FN2O6S. The van der Waals surface area contributed by atoms with E-state index < -0.39 is 30.7 Å². The first-order valence-electron chi connectivity index (χ1n) is 11.8. The smallest absolute Gasteiger partial charge is 0.328 e. The van der Waals surface area contributed by atoms with Gasteiger partial charge in [-0.05, 0) is 41.2 Å². The first-order chi connectivity index (χ1) is 17.0. The fraction of sp³-hybridized carbons (Fsp3) is 0.500. The van der Waals surface area contributed by atoms with Crippen LogP contribution in [0.5, 0.6) is 17.2 Å². The monoisotopic (exact) mass is 520 g/mol. The van der Waals surface area contributed by atoms with E-state index in [1.54, 1.807) is 45.9 Å². The Labute approximate surface area is 214 Å². The highest BCUT2D eigenvalue weighted by molar-refractivity contribution is 8.03. The zero-order valence-electron chi connectivity index (χ0n) is 21.0. The summed E-state index contributed by atoms with van der Waals surface area (Å²) in [5.74, 6) is -2.23. The second-order valence-corrected chi connectivity index (χ2v) is 10.9. The average molecular weight is 521 g/mol. The molecule has 2 aliphatic heterocycles. The van der Waals surface area contributed by atoms with E-state index in [4.69, 9.17) is 25.7 Å². The number of allylic oxidation sites excluding steroid dienone is 2. The van der Waals surface area contributed by atoms with Crippen molar-refractivity contribution in [1.82, 2.24) is 0 Å². The van der Waals surface area contributed by atoms with Gasteiger partial charge in [-0.2, -0.15) is 0 Å². The molecule has 1 aromatic rings. The zero-order valence-corrected chi connectivity index (χ0v) is 21.8. The number of rotatable bonds is 10. The normalized spacial score (nSPS) is 22.8. The van der Waals surface area contributed by atoms with Gasteiger partial charge in [0.2, 0.25) is 5.75 Å². The summed E-state index contributed by atoms with van der Waals surface area (Å²) in [5.41, 5.74) is 13.1. The molecule has 1 fully saturated rings. The molecule has 2 bridgehead atoms. The van der Waals surface area contributed by atoms with Crippen molar-refractivity contribution in [2.75, 3.05) is 13.8 Å². The van der Waals surface area contributed by atoms with Crippen molar-refractivity contribution in [3.05, 3.63) is 35.4 Å². The van der Waals surface area contributed by atoms with E-state index in [1.165, 1.54) is 31.0 Å². The lowest BCUT2D eigenvalue weighted by molar-refractivity contribution is -0.139. The lowest BCUT2D eigenvalue weighted by atomic mass is 9.86. The Balaban J connectivity index is 1.97. The molecule has 2 unspecified atom stereocenters. The van der Waals surface area contributed by atoms with E-state index >= 15 is 0 Å². The summed E-state index contributed by atoms with van der Waals surface area (Å²) in [6, 6.07) is 1.28. The van der Waals surface area contributed by atoms with Gasteiger partial charge in [0.15, 0.2) is 17.3 Å². The van der Waals surface area contributed by atoms with Gasteiger partial charge in [0.1, 0.15) is 12.1 Å². The molecule has 36 heavy (non-hydrogen) atoms. The Morgan fingerprint density at radius 1 is 1.00 bits per heavy atom. The second kappa shape index (κ2) is 11.6. The lowest BCUT2D eigenvalue weighted by Crippen LogP contribution is -2.49. The van der Waals surface area contributed by atoms with Gasteiger partial charge in [-0.25, -0.2) is 9.59 Å². The van der Waals surface area contributed by atoms with Crippen molar-refractivity contribution in [1.29, 1.82) is 0 Å². The molecule has 0 aromatic heterocycles. The van der Waals surface area contributed by atoms with Crippen LogP contribution in [0.25, 0.3) is 6.08 Å². The van der Waals surface area contributed by atoms with Crippen molar-refractivity contribution in [2.24, 2.45) is 29.2 Å². The van der Waals surface area contributed by atoms with Gasteiger partial charge in [0, 0.05) is 11.2 Å². The second-order valence-electron chi connectivity index (χ2n) is 9.61. The maximum absolute atomic E-state index is 13.4.